The molecule has 0 saturated carbocycles. The number of hydrogen-bond donors (Lipinski definition) is 1. The molecular formula is C22H26F4N4O3. The predicted molar refractivity (Wildman–Crippen MR) is 112 cm³/mol. The summed E-state index contributed by atoms with van der Waals surface area (Å²) in [5.74, 6) is -0.426. The molecule has 180 valence electrons. The second-order valence-corrected chi connectivity index (χ2v) is 8.73. The summed E-state index contributed by atoms with van der Waals surface area (Å²) in [5, 5.41) is 3.06. The molecule has 1 aliphatic heterocycles. The molecule has 2 aromatic rings. The summed E-state index contributed by atoms with van der Waals surface area (Å²) >= 11 is 0. The lowest BCUT2D eigenvalue weighted by Crippen LogP contribution is -2.54. The normalized spacial score (nSPS) is 19.3. The highest BCUT2D eigenvalue weighted by Crippen LogP contribution is 2.29. The van der Waals surface area contributed by atoms with Crippen LogP contribution in [0, 0.1) is 5.82 Å². The lowest BCUT2D eigenvalue weighted by Gasteiger charge is -2.39. The summed E-state index contributed by atoms with van der Waals surface area (Å²) in [4.78, 5) is 21.8. The number of carbonyl (C=O) groups is 1. The number of halogens is 4. The number of rotatable bonds is 5. The van der Waals surface area contributed by atoms with Gasteiger partial charge in [-0.05, 0) is 44.9 Å². The van der Waals surface area contributed by atoms with Crippen LogP contribution in [0.2, 0.25) is 0 Å². The average Bonchev–Trinajstić information content (AvgIpc) is 2.73. The summed E-state index contributed by atoms with van der Waals surface area (Å²) < 4.78 is 62.9. The van der Waals surface area contributed by atoms with Crippen molar-refractivity contribution in [2.45, 2.75) is 57.7 Å². The summed E-state index contributed by atoms with van der Waals surface area (Å²) in [6, 6.07) is 4.29. The minimum Gasteiger partial charge on any atom is -0.444 e. The Hall–Kier alpha value is -2.95. The van der Waals surface area contributed by atoms with Gasteiger partial charge < -0.3 is 19.7 Å². The molecule has 7 nitrogen and oxygen atoms in total. The van der Waals surface area contributed by atoms with Crippen molar-refractivity contribution in [2.75, 3.05) is 18.4 Å². The maximum absolute atomic E-state index is 13.2. The van der Waals surface area contributed by atoms with Gasteiger partial charge in [-0.25, -0.2) is 19.2 Å². The van der Waals surface area contributed by atoms with E-state index in [0.29, 0.717) is 18.5 Å². The first-order chi connectivity index (χ1) is 15.4. The van der Waals surface area contributed by atoms with E-state index in [-0.39, 0.29) is 19.1 Å². The third-order valence-electron chi connectivity index (χ3n) is 4.88. The van der Waals surface area contributed by atoms with Crippen molar-refractivity contribution in [3.05, 3.63) is 53.6 Å². The Bertz CT molecular complexity index is 931. The standard InChI is InChI=1S/C22H26F4N4O3/c1-21(2,3)33-20(31)30-9-8-18(17(12-30)29-19-27-10-16(23)11-28-19)32-13-14-4-6-15(7-5-14)22(24,25)26/h4-7,10-11,17-18H,8-9,12-13H2,1-3H3,(H,27,28,29). The van der Waals surface area contributed by atoms with E-state index in [0.717, 1.165) is 24.5 Å². The molecule has 0 aliphatic carbocycles. The van der Waals surface area contributed by atoms with Gasteiger partial charge >= 0.3 is 12.3 Å². The quantitative estimate of drug-likeness (QED) is 0.642. The second kappa shape index (κ2) is 9.90. The average molecular weight is 470 g/mol. The number of alkyl halides is 3. The monoisotopic (exact) mass is 470 g/mol. The van der Waals surface area contributed by atoms with E-state index in [1.54, 1.807) is 20.8 Å². The predicted octanol–water partition coefficient (Wildman–Crippen LogP) is 4.64. The van der Waals surface area contributed by atoms with Gasteiger partial charge in [0.05, 0.1) is 36.7 Å². The van der Waals surface area contributed by atoms with Gasteiger partial charge in [-0.1, -0.05) is 12.1 Å². The van der Waals surface area contributed by atoms with Gasteiger partial charge in [0.15, 0.2) is 5.82 Å². The van der Waals surface area contributed by atoms with Gasteiger partial charge in [0.1, 0.15) is 5.60 Å². The Kier molecular flexibility index (Phi) is 7.41. The third-order valence-corrected chi connectivity index (χ3v) is 4.88. The minimum atomic E-state index is -4.40. The molecular weight excluding hydrogens is 444 g/mol. The van der Waals surface area contributed by atoms with Crippen LogP contribution in [0.15, 0.2) is 36.7 Å². The Balaban J connectivity index is 1.69. The molecule has 3 rings (SSSR count). The van der Waals surface area contributed by atoms with E-state index >= 15 is 0 Å². The van der Waals surface area contributed by atoms with Crippen LogP contribution < -0.4 is 5.32 Å². The molecule has 0 spiro atoms. The number of anilines is 1. The molecule has 1 fully saturated rings. The van der Waals surface area contributed by atoms with E-state index in [1.165, 1.54) is 17.0 Å². The molecule has 0 bridgehead atoms. The molecule has 1 N–H and O–H groups in total. The third kappa shape index (κ3) is 7.28. The van der Waals surface area contributed by atoms with E-state index in [4.69, 9.17) is 9.47 Å². The molecule has 1 aliphatic rings. The van der Waals surface area contributed by atoms with E-state index in [1.807, 2.05) is 0 Å². The van der Waals surface area contributed by atoms with Gasteiger partial charge in [0.25, 0.3) is 0 Å². The molecule has 11 heteroatoms. The van der Waals surface area contributed by atoms with Crippen molar-refractivity contribution in [1.29, 1.82) is 0 Å². The van der Waals surface area contributed by atoms with E-state index in [9.17, 15) is 22.4 Å². The zero-order chi connectivity index (χ0) is 24.2. The van der Waals surface area contributed by atoms with E-state index in [2.05, 4.69) is 15.3 Å². The van der Waals surface area contributed by atoms with Crippen LogP contribution in [0.5, 0.6) is 0 Å². The number of nitrogens with one attached hydrogen (secondary N) is 1. The van der Waals surface area contributed by atoms with Crippen LogP contribution in [-0.2, 0) is 22.3 Å². The fourth-order valence-corrected chi connectivity index (χ4v) is 3.31. The van der Waals surface area contributed by atoms with Crippen LogP contribution in [0.3, 0.4) is 0 Å². The highest BCUT2D eigenvalue weighted by atomic mass is 19.4. The minimum absolute atomic E-state index is 0.0810. The van der Waals surface area contributed by atoms with Crippen LogP contribution in [0.25, 0.3) is 0 Å². The van der Waals surface area contributed by atoms with Crippen molar-refractivity contribution in [3.8, 4) is 0 Å². The summed E-state index contributed by atoms with van der Waals surface area (Å²) in [6.07, 6.45) is -2.81. The first-order valence-corrected chi connectivity index (χ1v) is 10.4. The number of likely N-dealkylation sites (tertiary alicyclic amines) is 1. The van der Waals surface area contributed by atoms with Crippen molar-refractivity contribution in [2.24, 2.45) is 0 Å². The highest BCUT2D eigenvalue weighted by molar-refractivity contribution is 5.68. The second-order valence-electron chi connectivity index (χ2n) is 8.73. The number of nitrogens with zero attached hydrogens (tertiary/aromatic N) is 3. The number of hydrogen-bond acceptors (Lipinski definition) is 6. The first kappa shape index (κ1) is 24.7. The van der Waals surface area contributed by atoms with Gasteiger partial charge in [-0.15, -0.1) is 0 Å². The topological polar surface area (TPSA) is 76.6 Å². The van der Waals surface area contributed by atoms with E-state index < -0.39 is 41.4 Å². The maximum atomic E-state index is 13.2. The molecule has 1 aromatic carbocycles. The molecule has 2 unspecified atom stereocenters. The lowest BCUT2D eigenvalue weighted by atomic mass is 10.0. The number of piperidine rings is 1. The van der Waals surface area contributed by atoms with Crippen molar-refractivity contribution in [1.82, 2.24) is 14.9 Å². The molecule has 0 radical (unpaired) electrons. The number of benzene rings is 1. The highest BCUT2D eigenvalue weighted by Gasteiger charge is 2.35. The van der Waals surface area contributed by atoms with Crippen molar-refractivity contribution in [3.63, 3.8) is 0 Å². The zero-order valence-corrected chi connectivity index (χ0v) is 18.5. The molecule has 33 heavy (non-hydrogen) atoms. The lowest BCUT2D eigenvalue weighted by molar-refractivity contribution is -0.137. The molecule has 1 amide bonds. The Morgan fingerprint density at radius 2 is 1.79 bits per heavy atom. The Labute approximate surface area is 189 Å². The fraction of sp³-hybridized carbons (Fsp3) is 0.500. The first-order valence-electron chi connectivity index (χ1n) is 10.4. The number of amides is 1. The summed E-state index contributed by atoms with van der Waals surface area (Å²) in [6.45, 7) is 5.98. The number of aromatic nitrogens is 2. The van der Waals surface area contributed by atoms with Crippen LogP contribution in [-0.4, -0.2) is 51.8 Å². The largest absolute Gasteiger partial charge is 0.444 e. The molecule has 1 saturated heterocycles. The SMILES string of the molecule is CC(C)(C)OC(=O)N1CCC(OCc2ccc(C(F)(F)F)cc2)C(Nc2ncc(F)cn2)C1. The maximum Gasteiger partial charge on any atom is 0.416 e. The summed E-state index contributed by atoms with van der Waals surface area (Å²) in [7, 11) is 0. The van der Waals surface area contributed by atoms with Crippen molar-refractivity contribution >= 4 is 12.0 Å². The van der Waals surface area contributed by atoms with Gasteiger partial charge in [0.2, 0.25) is 5.95 Å². The van der Waals surface area contributed by atoms with Gasteiger partial charge in [-0.2, -0.15) is 13.2 Å². The number of carbonyl (C=O) groups excluding carboxylic acids is 1. The molecule has 2 atom stereocenters. The molecule has 1 aromatic heterocycles. The van der Waals surface area contributed by atoms with Gasteiger partial charge in [-0.3, -0.25) is 0 Å². The van der Waals surface area contributed by atoms with Gasteiger partial charge in [0, 0.05) is 13.1 Å². The number of ether oxygens (including phenoxy) is 2. The van der Waals surface area contributed by atoms with Crippen LogP contribution >= 0.6 is 0 Å². The van der Waals surface area contributed by atoms with Crippen LogP contribution in [0.1, 0.15) is 38.3 Å². The fourth-order valence-electron chi connectivity index (χ4n) is 3.31. The molecule has 2 heterocycles. The Morgan fingerprint density at radius 3 is 2.36 bits per heavy atom. The Morgan fingerprint density at radius 1 is 1.15 bits per heavy atom. The van der Waals surface area contributed by atoms with Crippen molar-refractivity contribution < 1.29 is 31.8 Å². The zero-order valence-electron chi connectivity index (χ0n) is 18.5. The smallest absolute Gasteiger partial charge is 0.416 e. The van der Waals surface area contributed by atoms with Crippen LogP contribution in [0.4, 0.5) is 28.3 Å². The summed E-state index contributed by atoms with van der Waals surface area (Å²) in [5.41, 5.74) is -0.810.